The van der Waals surface area contributed by atoms with E-state index in [2.05, 4.69) is 36.2 Å². The Bertz CT molecular complexity index is 1190. The maximum atomic E-state index is 12.4. The van der Waals surface area contributed by atoms with Gasteiger partial charge in [-0.3, -0.25) is 19.4 Å². The van der Waals surface area contributed by atoms with E-state index >= 15 is 0 Å². The number of benzene rings is 1. The number of H-pyrrole nitrogens is 1. The third-order valence-electron chi connectivity index (χ3n) is 4.41. The van der Waals surface area contributed by atoms with E-state index in [1.54, 1.807) is 30.9 Å². The van der Waals surface area contributed by atoms with Crippen molar-refractivity contribution in [2.45, 2.75) is 6.92 Å². The van der Waals surface area contributed by atoms with Gasteiger partial charge in [-0.15, -0.1) is 5.10 Å². The molecule has 0 fully saturated rings. The van der Waals surface area contributed by atoms with Crippen LogP contribution in [0.3, 0.4) is 0 Å². The van der Waals surface area contributed by atoms with Gasteiger partial charge in [-0.2, -0.15) is 14.9 Å². The van der Waals surface area contributed by atoms with Gasteiger partial charge in [0.1, 0.15) is 0 Å². The number of rotatable bonds is 6. The van der Waals surface area contributed by atoms with Crippen molar-refractivity contribution in [1.82, 2.24) is 45.6 Å². The van der Waals surface area contributed by atoms with Gasteiger partial charge in [0.05, 0.1) is 11.2 Å². The zero-order valence-electron chi connectivity index (χ0n) is 15.9. The van der Waals surface area contributed by atoms with Crippen molar-refractivity contribution in [1.29, 1.82) is 0 Å². The van der Waals surface area contributed by atoms with Crippen LogP contribution in [-0.4, -0.2) is 59.9 Å². The Morgan fingerprint density at radius 2 is 1.79 bits per heavy atom. The van der Waals surface area contributed by atoms with Gasteiger partial charge >= 0.3 is 0 Å². The van der Waals surface area contributed by atoms with Crippen molar-refractivity contribution in [3.63, 3.8) is 0 Å². The number of nitrogens with one attached hydrogen (secondary N) is 3. The van der Waals surface area contributed by atoms with Gasteiger partial charge in [0, 0.05) is 37.8 Å². The van der Waals surface area contributed by atoms with Crippen molar-refractivity contribution in [2.75, 3.05) is 13.1 Å². The number of para-hydroxylation sites is 1. The molecule has 11 nitrogen and oxygen atoms in total. The Morgan fingerprint density at radius 1 is 1.07 bits per heavy atom. The molecule has 0 radical (unpaired) electrons. The fourth-order valence-electron chi connectivity index (χ4n) is 2.93. The number of fused-ring (bicyclic) bond motifs is 1. The number of amides is 2. The van der Waals surface area contributed by atoms with E-state index in [4.69, 9.17) is 0 Å². The van der Waals surface area contributed by atoms with Crippen LogP contribution in [0.4, 0.5) is 0 Å². The van der Waals surface area contributed by atoms with Gasteiger partial charge in [-0.05, 0) is 13.0 Å². The number of nitrogens with zero attached hydrogens (tertiary/aromatic N) is 6. The van der Waals surface area contributed by atoms with Crippen molar-refractivity contribution >= 4 is 22.7 Å². The highest BCUT2D eigenvalue weighted by atomic mass is 16.2. The number of carbonyl (C=O) groups is 2. The van der Waals surface area contributed by atoms with E-state index in [0.29, 0.717) is 17.2 Å². The summed E-state index contributed by atoms with van der Waals surface area (Å²) < 4.78 is 3.14. The zero-order chi connectivity index (χ0) is 20.4. The molecular formula is C18H19N9O2. The van der Waals surface area contributed by atoms with Crippen LogP contribution in [0.25, 0.3) is 16.7 Å². The van der Waals surface area contributed by atoms with E-state index in [9.17, 15) is 9.59 Å². The first kappa shape index (κ1) is 18.3. The van der Waals surface area contributed by atoms with Crippen LogP contribution in [0.1, 0.15) is 26.7 Å². The quantitative estimate of drug-likeness (QED) is 0.404. The summed E-state index contributed by atoms with van der Waals surface area (Å²) in [5.41, 5.74) is 1.90. The minimum absolute atomic E-state index is 0.209. The summed E-state index contributed by atoms with van der Waals surface area (Å²) in [5, 5.41) is 25.3. The molecule has 3 aromatic heterocycles. The number of hydrogen-bond acceptors (Lipinski definition) is 6. The third kappa shape index (κ3) is 3.57. The molecule has 2 amide bonds. The number of aryl methyl sites for hydroxylation is 1. The zero-order valence-corrected chi connectivity index (χ0v) is 15.9. The van der Waals surface area contributed by atoms with Crippen molar-refractivity contribution in [3.8, 4) is 5.82 Å². The van der Waals surface area contributed by atoms with Crippen molar-refractivity contribution in [2.24, 2.45) is 7.05 Å². The molecule has 3 N–H and O–H groups in total. The van der Waals surface area contributed by atoms with Gasteiger partial charge in [0.15, 0.2) is 17.2 Å². The molecule has 0 bridgehead atoms. The smallest absolute Gasteiger partial charge is 0.273 e. The molecule has 3 heterocycles. The average Bonchev–Trinajstić information content (AvgIpc) is 3.43. The normalized spacial score (nSPS) is 11.0. The topological polar surface area (TPSA) is 135 Å². The van der Waals surface area contributed by atoms with Crippen LogP contribution in [0.2, 0.25) is 0 Å². The average molecular weight is 393 g/mol. The summed E-state index contributed by atoms with van der Waals surface area (Å²) in [5.74, 6) is -0.104. The highest BCUT2D eigenvalue weighted by Crippen LogP contribution is 2.14. The lowest BCUT2D eigenvalue weighted by atomic mass is 10.2. The molecule has 1 aromatic carbocycles. The second kappa shape index (κ2) is 7.54. The molecule has 0 saturated heterocycles. The molecule has 0 unspecified atom stereocenters. The number of hydrogen-bond donors (Lipinski definition) is 3. The molecule has 0 atom stereocenters. The van der Waals surface area contributed by atoms with Gasteiger partial charge in [-0.25, -0.2) is 0 Å². The molecule has 0 spiro atoms. The van der Waals surface area contributed by atoms with E-state index in [0.717, 1.165) is 10.9 Å². The lowest BCUT2D eigenvalue weighted by Crippen LogP contribution is -2.35. The highest BCUT2D eigenvalue weighted by molar-refractivity contribution is 6.04. The summed E-state index contributed by atoms with van der Waals surface area (Å²) in [6.07, 6.45) is 1.78. The minimum Gasteiger partial charge on any atom is -0.349 e. The summed E-state index contributed by atoms with van der Waals surface area (Å²) >= 11 is 0. The number of aromatic nitrogens is 7. The monoisotopic (exact) mass is 393 g/mol. The lowest BCUT2D eigenvalue weighted by molar-refractivity contribution is 0.0923. The van der Waals surface area contributed by atoms with E-state index in [-0.39, 0.29) is 30.6 Å². The van der Waals surface area contributed by atoms with Crippen LogP contribution >= 0.6 is 0 Å². The molecule has 4 aromatic rings. The van der Waals surface area contributed by atoms with Crippen LogP contribution in [0.5, 0.6) is 0 Å². The molecular weight excluding hydrogens is 374 g/mol. The first-order valence-corrected chi connectivity index (χ1v) is 8.96. The van der Waals surface area contributed by atoms with E-state index in [1.165, 1.54) is 4.68 Å². The first-order chi connectivity index (χ1) is 14.0. The van der Waals surface area contributed by atoms with Crippen molar-refractivity contribution < 1.29 is 9.59 Å². The molecule has 148 valence electrons. The lowest BCUT2D eigenvalue weighted by Gasteiger charge is -2.05. The predicted molar refractivity (Wildman–Crippen MR) is 104 cm³/mol. The summed E-state index contributed by atoms with van der Waals surface area (Å²) in [4.78, 5) is 24.7. The van der Waals surface area contributed by atoms with Crippen LogP contribution in [-0.2, 0) is 7.05 Å². The van der Waals surface area contributed by atoms with Gasteiger partial charge < -0.3 is 10.6 Å². The molecule has 0 saturated carbocycles. The Morgan fingerprint density at radius 3 is 2.52 bits per heavy atom. The molecule has 4 rings (SSSR count). The van der Waals surface area contributed by atoms with E-state index < -0.39 is 0 Å². The summed E-state index contributed by atoms with van der Waals surface area (Å²) in [6.45, 7) is 2.23. The predicted octanol–water partition coefficient (Wildman–Crippen LogP) is 0.345. The van der Waals surface area contributed by atoms with Crippen LogP contribution < -0.4 is 10.6 Å². The second-order valence-electron chi connectivity index (χ2n) is 6.41. The Kier molecular flexibility index (Phi) is 4.77. The van der Waals surface area contributed by atoms with Crippen LogP contribution in [0, 0.1) is 6.92 Å². The Hall–Kier alpha value is -4.02. The second-order valence-corrected chi connectivity index (χ2v) is 6.41. The molecule has 0 aliphatic carbocycles. The van der Waals surface area contributed by atoms with Gasteiger partial charge in [0.25, 0.3) is 11.8 Å². The fraction of sp³-hybridized carbons (Fsp3) is 0.222. The van der Waals surface area contributed by atoms with Gasteiger partial charge in [-0.1, -0.05) is 23.4 Å². The largest absolute Gasteiger partial charge is 0.349 e. The molecule has 0 aliphatic heterocycles. The maximum Gasteiger partial charge on any atom is 0.273 e. The molecule has 0 aliphatic rings. The first-order valence-electron chi connectivity index (χ1n) is 8.96. The third-order valence-corrected chi connectivity index (χ3v) is 4.41. The number of carbonyl (C=O) groups excluding carboxylic acids is 2. The summed E-state index contributed by atoms with van der Waals surface area (Å²) in [6, 6.07) is 9.15. The van der Waals surface area contributed by atoms with Gasteiger partial charge in [0.2, 0.25) is 0 Å². The van der Waals surface area contributed by atoms with E-state index in [1.807, 2.05) is 24.3 Å². The SMILES string of the molecule is Cc1c(C(=O)NCCNC(=O)c2n[nH]c3ccccc23)nnn1-c1ccn(C)n1. The molecule has 29 heavy (non-hydrogen) atoms. The summed E-state index contributed by atoms with van der Waals surface area (Å²) in [7, 11) is 1.80. The molecule has 11 heteroatoms. The Labute approximate surface area is 165 Å². The fourth-order valence-corrected chi connectivity index (χ4v) is 2.93. The van der Waals surface area contributed by atoms with Crippen molar-refractivity contribution in [3.05, 3.63) is 53.6 Å². The maximum absolute atomic E-state index is 12.4. The van der Waals surface area contributed by atoms with Crippen LogP contribution in [0.15, 0.2) is 36.5 Å². The highest BCUT2D eigenvalue weighted by Gasteiger charge is 2.18. The Balaban J connectivity index is 1.32. The standard InChI is InChI=1S/C18H19N9O2/c1-11-15(23-25-27(11)14-7-10-26(2)24-14)17(28)19-8-9-20-18(29)16-12-5-3-4-6-13(12)21-22-16/h3-7,10H,8-9H2,1-2H3,(H,19,28)(H,20,29)(H,21,22). The minimum atomic E-state index is -0.371. The number of aromatic amines is 1.